The van der Waals surface area contributed by atoms with Crippen LogP contribution < -0.4 is 9.88 Å². The van der Waals surface area contributed by atoms with Crippen LogP contribution in [-0.4, -0.2) is 21.7 Å². The Labute approximate surface area is 141 Å². The van der Waals surface area contributed by atoms with Crippen LogP contribution in [0.2, 0.25) is 0 Å². The van der Waals surface area contributed by atoms with Gasteiger partial charge in [-0.1, -0.05) is 30.4 Å². The molecule has 0 atom stereocenters. The topological polar surface area (TPSA) is 50.3 Å². The molecule has 0 unspecified atom stereocenters. The minimum atomic E-state index is -0.233. The van der Waals surface area contributed by atoms with Gasteiger partial charge in [-0.25, -0.2) is 4.98 Å². The van der Waals surface area contributed by atoms with Crippen LogP contribution in [0.15, 0.2) is 48.1 Å². The predicted molar refractivity (Wildman–Crippen MR) is 91.7 cm³/mol. The van der Waals surface area contributed by atoms with Crippen molar-refractivity contribution in [3.05, 3.63) is 74.1 Å². The lowest BCUT2D eigenvalue weighted by molar-refractivity contribution is 0.0642. The summed E-state index contributed by atoms with van der Waals surface area (Å²) in [7, 11) is 0. The predicted octanol–water partition coefficient (Wildman–Crippen LogP) is 1.77. The molecule has 0 bridgehead atoms. The quantitative estimate of drug-likeness (QED) is 0.788. The Morgan fingerprint density at radius 2 is 1.88 bits per heavy atom. The Kier molecular flexibility index (Phi) is 2.76. The largest absolute Gasteiger partial charge is 0.269 e. The van der Waals surface area contributed by atoms with Crippen LogP contribution in [0.4, 0.5) is 0 Å². The molecule has 1 aliphatic heterocycles. The molecule has 2 amide bonds. The van der Waals surface area contributed by atoms with Crippen molar-refractivity contribution in [1.29, 1.82) is 0 Å². The van der Waals surface area contributed by atoms with E-state index in [9.17, 15) is 9.59 Å². The fraction of sp³-hybridized carbons (Fsp3) is 0.105. The van der Waals surface area contributed by atoms with Gasteiger partial charge in [0.2, 0.25) is 0 Å². The first-order chi connectivity index (χ1) is 11.7. The number of hydrogen-bond donors (Lipinski definition) is 0. The van der Waals surface area contributed by atoms with Crippen LogP contribution in [0.5, 0.6) is 0 Å². The Balaban J connectivity index is 1.51. The Morgan fingerprint density at radius 3 is 2.62 bits per heavy atom. The Morgan fingerprint density at radius 1 is 1.12 bits per heavy atom. The zero-order valence-corrected chi connectivity index (χ0v) is 13.5. The number of nitrogens with zero attached hydrogens (tertiary/aromatic N) is 2. The van der Waals surface area contributed by atoms with Crippen LogP contribution >= 0.6 is 11.3 Å². The Bertz CT molecular complexity index is 1070. The summed E-state index contributed by atoms with van der Waals surface area (Å²) in [6.45, 7) is 0.236. The molecule has 5 rings (SSSR count). The molecule has 3 aliphatic rings. The summed E-state index contributed by atoms with van der Waals surface area (Å²) in [5.41, 5.74) is 3.42. The molecule has 24 heavy (non-hydrogen) atoms. The summed E-state index contributed by atoms with van der Waals surface area (Å²) in [5.74, 6) is -0.465. The van der Waals surface area contributed by atoms with Gasteiger partial charge in [0.05, 0.1) is 27.6 Å². The minimum absolute atomic E-state index is 0.233. The zero-order valence-electron chi connectivity index (χ0n) is 12.7. The van der Waals surface area contributed by atoms with Gasteiger partial charge < -0.3 is 0 Å². The van der Waals surface area contributed by atoms with Crippen molar-refractivity contribution >= 4 is 34.8 Å². The lowest BCUT2D eigenvalue weighted by atomic mass is 10.0. The molecule has 0 radical (unpaired) electrons. The van der Waals surface area contributed by atoms with Crippen molar-refractivity contribution in [2.75, 3.05) is 0 Å². The summed E-state index contributed by atoms with van der Waals surface area (Å²) in [4.78, 5) is 30.9. The number of aromatic nitrogens is 1. The van der Waals surface area contributed by atoms with Crippen LogP contribution in [0.25, 0.3) is 11.6 Å². The number of rotatable bonds is 2. The van der Waals surface area contributed by atoms with Crippen molar-refractivity contribution in [3.63, 3.8) is 0 Å². The molecular weight excluding hydrogens is 320 g/mol. The average Bonchev–Trinajstić information content (AvgIpc) is 3.22. The molecule has 116 valence electrons. The summed E-state index contributed by atoms with van der Waals surface area (Å²) in [6, 6.07) is 6.96. The zero-order chi connectivity index (χ0) is 16.3. The lowest BCUT2D eigenvalue weighted by Crippen LogP contribution is -2.29. The number of carbonyl (C=O) groups is 2. The molecule has 2 aliphatic carbocycles. The van der Waals surface area contributed by atoms with E-state index >= 15 is 0 Å². The second-order valence-corrected chi connectivity index (χ2v) is 7.05. The third kappa shape index (κ3) is 1.82. The van der Waals surface area contributed by atoms with Crippen molar-refractivity contribution in [3.8, 4) is 0 Å². The van der Waals surface area contributed by atoms with Gasteiger partial charge in [0.25, 0.3) is 11.8 Å². The number of fused-ring (bicyclic) bond motifs is 3. The van der Waals surface area contributed by atoms with Crippen molar-refractivity contribution in [1.82, 2.24) is 9.88 Å². The molecule has 2 aromatic rings. The van der Waals surface area contributed by atoms with E-state index in [-0.39, 0.29) is 18.4 Å². The van der Waals surface area contributed by atoms with Gasteiger partial charge in [-0.05, 0) is 35.8 Å². The molecule has 0 spiro atoms. The number of hydrogen-bond acceptors (Lipinski definition) is 4. The van der Waals surface area contributed by atoms with Crippen LogP contribution in [-0.2, 0) is 6.54 Å². The van der Waals surface area contributed by atoms with E-state index in [4.69, 9.17) is 4.98 Å². The first-order valence-corrected chi connectivity index (χ1v) is 8.57. The van der Waals surface area contributed by atoms with Crippen molar-refractivity contribution in [2.24, 2.45) is 0 Å². The van der Waals surface area contributed by atoms with Crippen LogP contribution in [0.3, 0.4) is 0 Å². The standard InChI is InChI=1S/C19H12N2O2S/c22-18-13-7-3-4-8-14(13)19(23)21(18)10-16-20-17-12-6-2-1-5-11(12)9-15(17)24-16/h1-5,7-9H,6,10H2. The minimum Gasteiger partial charge on any atom is -0.269 e. The number of benzene rings is 1. The number of allylic oxidation sites excluding steroid dienone is 4. The number of carbonyl (C=O) groups excluding carboxylic acids is 2. The van der Waals surface area contributed by atoms with E-state index in [1.54, 1.807) is 35.6 Å². The van der Waals surface area contributed by atoms with E-state index in [1.807, 2.05) is 0 Å². The molecule has 1 aromatic carbocycles. The fourth-order valence-electron chi connectivity index (χ4n) is 3.36. The van der Waals surface area contributed by atoms with Gasteiger partial charge in [-0.15, -0.1) is 11.3 Å². The van der Waals surface area contributed by atoms with E-state index in [0.29, 0.717) is 11.1 Å². The summed E-state index contributed by atoms with van der Waals surface area (Å²) >= 11 is 1.56. The molecule has 5 heteroatoms. The molecule has 4 nitrogen and oxygen atoms in total. The monoisotopic (exact) mass is 332 g/mol. The van der Waals surface area contributed by atoms with Gasteiger partial charge in [-0.2, -0.15) is 0 Å². The molecule has 0 saturated carbocycles. The molecule has 0 saturated heterocycles. The lowest BCUT2D eigenvalue weighted by Gasteiger charge is -2.11. The van der Waals surface area contributed by atoms with Gasteiger partial charge >= 0.3 is 0 Å². The molecule has 0 N–H and O–H groups in total. The van der Waals surface area contributed by atoms with Crippen LogP contribution in [0, 0.1) is 0 Å². The van der Waals surface area contributed by atoms with E-state index in [1.165, 1.54) is 16.0 Å². The summed E-state index contributed by atoms with van der Waals surface area (Å²) < 4.78 is 1.12. The maximum Gasteiger partial charge on any atom is 0.261 e. The average molecular weight is 332 g/mol. The van der Waals surface area contributed by atoms with Crippen LogP contribution in [0.1, 0.15) is 32.1 Å². The maximum absolute atomic E-state index is 12.5. The number of amides is 2. The number of thiazole rings is 1. The van der Waals surface area contributed by atoms with Gasteiger partial charge in [0.1, 0.15) is 5.01 Å². The highest BCUT2D eigenvalue weighted by atomic mass is 32.1. The highest BCUT2D eigenvalue weighted by Crippen LogP contribution is 2.26. The molecule has 2 heterocycles. The van der Waals surface area contributed by atoms with E-state index in [0.717, 1.165) is 21.3 Å². The smallest absolute Gasteiger partial charge is 0.261 e. The highest BCUT2D eigenvalue weighted by Gasteiger charge is 2.35. The van der Waals surface area contributed by atoms with E-state index < -0.39 is 0 Å². The van der Waals surface area contributed by atoms with Gasteiger partial charge in [0.15, 0.2) is 0 Å². The van der Waals surface area contributed by atoms with Gasteiger partial charge in [0, 0.05) is 0 Å². The first-order valence-electron chi connectivity index (χ1n) is 7.75. The number of imide groups is 1. The second-order valence-electron chi connectivity index (χ2n) is 5.94. The third-order valence-corrected chi connectivity index (χ3v) is 5.51. The highest BCUT2D eigenvalue weighted by molar-refractivity contribution is 7.09. The molecule has 0 fully saturated rings. The molecule has 1 aromatic heterocycles. The fourth-order valence-corrected chi connectivity index (χ4v) is 4.40. The van der Waals surface area contributed by atoms with Crippen molar-refractivity contribution < 1.29 is 9.59 Å². The van der Waals surface area contributed by atoms with Gasteiger partial charge in [-0.3, -0.25) is 14.5 Å². The second kappa shape index (κ2) is 4.85. The van der Waals surface area contributed by atoms with E-state index in [2.05, 4.69) is 24.3 Å². The Hall–Kier alpha value is -2.79. The summed E-state index contributed by atoms with van der Waals surface area (Å²) in [6.07, 6.45) is 9.29. The maximum atomic E-state index is 12.5. The normalized spacial score (nSPS) is 17.6. The molecular formula is C19H12N2O2S. The SMILES string of the molecule is O=C1c2ccccc2C(=O)N1Cc1nc2c(s1)=CC1=CC=CCC=21. The summed E-state index contributed by atoms with van der Waals surface area (Å²) in [5, 5.41) is 1.80. The van der Waals surface area contributed by atoms with Crippen molar-refractivity contribution in [2.45, 2.75) is 13.0 Å². The third-order valence-electron chi connectivity index (χ3n) is 4.52. The first kappa shape index (κ1) is 13.6.